The van der Waals surface area contributed by atoms with E-state index in [1.165, 1.54) is 12.1 Å². The highest BCUT2D eigenvalue weighted by Gasteiger charge is 2.12. The van der Waals surface area contributed by atoms with E-state index >= 15 is 0 Å². The molecule has 0 radical (unpaired) electrons. The van der Waals surface area contributed by atoms with Crippen LogP contribution in [0.4, 0.5) is 4.39 Å². The number of esters is 1. The van der Waals surface area contributed by atoms with Gasteiger partial charge in [-0.25, -0.2) is 4.39 Å². The van der Waals surface area contributed by atoms with Gasteiger partial charge in [-0.1, -0.05) is 0 Å². The maximum absolute atomic E-state index is 13.3. The van der Waals surface area contributed by atoms with Gasteiger partial charge in [-0.2, -0.15) is 0 Å². The monoisotopic (exact) mass is 255 g/mol. The van der Waals surface area contributed by atoms with Crippen molar-refractivity contribution in [2.75, 3.05) is 13.2 Å². The third-order valence-electron chi connectivity index (χ3n) is 2.12. The number of benzene rings is 1. The van der Waals surface area contributed by atoms with Crippen molar-refractivity contribution in [3.05, 3.63) is 29.6 Å². The van der Waals surface area contributed by atoms with Crippen LogP contribution in [-0.4, -0.2) is 30.1 Å². The predicted octanol–water partition coefficient (Wildman–Crippen LogP) is 1.21. The fourth-order valence-corrected chi connectivity index (χ4v) is 1.29. The van der Waals surface area contributed by atoms with Crippen molar-refractivity contribution < 1.29 is 23.8 Å². The van der Waals surface area contributed by atoms with Crippen LogP contribution in [0.25, 0.3) is 0 Å². The number of phenols is 1. The molecule has 2 N–H and O–H groups in total. The summed E-state index contributed by atoms with van der Waals surface area (Å²) in [6.07, 6.45) is 0.0271. The Morgan fingerprint density at radius 1 is 1.44 bits per heavy atom. The van der Waals surface area contributed by atoms with Crippen molar-refractivity contribution in [2.45, 2.75) is 13.3 Å². The van der Waals surface area contributed by atoms with E-state index in [0.717, 1.165) is 6.07 Å². The van der Waals surface area contributed by atoms with Gasteiger partial charge in [-0.05, 0) is 19.1 Å². The van der Waals surface area contributed by atoms with Crippen LogP contribution in [0.15, 0.2) is 18.2 Å². The SMILES string of the molecule is CCOC(=O)CCNC(=O)c1ccc(O)cc1F. The molecule has 1 rings (SSSR count). The van der Waals surface area contributed by atoms with Crippen molar-refractivity contribution in [2.24, 2.45) is 0 Å². The number of carbonyl (C=O) groups is 2. The second kappa shape index (κ2) is 6.58. The first-order valence-electron chi connectivity index (χ1n) is 5.47. The van der Waals surface area contributed by atoms with Crippen LogP contribution in [0.1, 0.15) is 23.7 Å². The average Bonchev–Trinajstić information content (AvgIpc) is 2.29. The fourth-order valence-electron chi connectivity index (χ4n) is 1.29. The van der Waals surface area contributed by atoms with Crippen molar-refractivity contribution in [1.82, 2.24) is 5.32 Å². The zero-order valence-electron chi connectivity index (χ0n) is 9.90. The van der Waals surface area contributed by atoms with Gasteiger partial charge in [0.15, 0.2) is 0 Å². The van der Waals surface area contributed by atoms with E-state index in [2.05, 4.69) is 10.1 Å². The molecule has 5 nitrogen and oxygen atoms in total. The van der Waals surface area contributed by atoms with Crippen molar-refractivity contribution in [3.63, 3.8) is 0 Å². The summed E-state index contributed by atoms with van der Waals surface area (Å²) in [5, 5.41) is 11.4. The summed E-state index contributed by atoms with van der Waals surface area (Å²) in [6, 6.07) is 3.23. The third-order valence-corrected chi connectivity index (χ3v) is 2.12. The van der Waals surface area contributed by atoms with Gasteiger partial charge in [0, 0.05) is 12.6 Å². The lowest BCUT2D eigenvalue weighted by Gasteiger charge is -2.06. The Morgan fingerprint density at radius 3 is 2.78 bits per heavy atom. The number of ether oxygens (including phenoxy) is 1. The van der Waals surface area contributed by atoms with Crippen LogP contribution in [0.2, 0.25) is 0 Å². The van der Waals surface area contributed by atoms with Gasteiger partial charge in [0.1, 0.15) is 11.6 Å². The van der Waals surface area contributed by atoms with Gasteiger partial charge < -0.3 is 15.2 Å². The van der Waals surface area contributed by atoms with Gasteiger partial charge in [0.05, 0.1) is 18.6 Å². The molecule has 6 heteroatoms. The molecule has 0 bridgehead atoms. The topological polar surface area (TPSA) is 75.6 Å². The zero-order chi connectivity index (χ0) is 13.5. The van der Waals surface area contributed by atoms with Crippen molar-refractivity contribution in [1.29, 1.82) is 0 Å². The highest BCUT2D eigenvalue weighted by atomic mass is 19.1. The molecule has 0 aliphatic carbocycles. The molecule has 1 aromatic rings. The Balaban J connectivity index is 2.48. The Hall–Kier alpha value is -2.11. The van der Waals surface area contributed by atoms with Gasteiger partial charge in [0.25, 0.3) is 5.91 Å². The average molecular weight is 255 g/mol. The van der Waals surface area contributed by atoms with Crippen molar-refractivity contribution in [3.8, 4) is 5.75 Å². The molecule has 0 fully saturated rings. The standard InChI is InChI=1S/C12H14FNO4/c1-2-18-11(16)5-6-14-12(17)9-4-3-8(15)7-10(9)13/h3-4,7,15H,2,5-6H2,1H3,(H,14,17). The molecule has 0 heterocycles. The van der Waals surface area contributed by atoms with Crippen LogP contribution in [-0.2, 0) is 9.53 Å². The van der Waals surface area contributed by atoms with Gasteiger partial charge in [0.2, 0.25) is 0 Å². The van der Waals surface area contributed by atoms with Gasteiger partial charge in [-0.15, -0.1) is 0 Å². The van der Waals surface area contributed by atoms with Crippen LogP contribution in [0.5, 0.6) is 5.75 Å². The Bertz CT molecular complexity index is 448. The number of hydrogen-bond donors (Lipinski definition) is 2. The van der Waals surface area contributed by atoms with Gasteiger partial charge >= 0.3 is 5.97 Å². The molecule has 1 aromatic carbocycles. The van der Waals surface area contributed by atoms with E-state index in [1.807, 2.05) is 0 Å². The lowest BCUT2D eigenvalue weighted by Crippen LogP contribution is -2.27. The number of amides is 1. The first-order chi connectivity index (χ1) is 8.54. The third kappa shape index (κ3) is 4.04. The van der Waals surface area contributed by atoms with Gasteiger partial charge in [-0.3, -0.25) is 9.59 Å². The molecule has 0 atom stereocenters. The van der Waals surface area contributed by atoms with E-state index in [-0.39, 0.29) is 30.9 Å². The molecular weight excluding hydrogens is 241 g/mol. The normalized spacial score (nSPS) is 9.89. The molecule has 0 aliphatic heterocycles. The van der Waals surface area contributed by atoms with E-state index in [9.17, 15) is 14.0 Å². The summed E-state index contributed by atoms with van der Waals surface area (Å²) in [6.45, 7) is 2.03. The molecule has 0 aromatic heterocycles. The Kier molecular flexibility index (Phi) is 5.10. The minimum atomic E-state index is -0.816. The number of nitrogens with one attached hydrogen (secondary N) is 1. The molecule has 98 valence electrons. The molecular formula is C12H14FNO4. The smallest absolute Gasteiger partial charge is 0.307 e. The summed E-state index contributed by atoms with van der Waals surface area (Å²) >= 11 is 0. The second-order valence-corrected chi connectivity index (χ2v) is 3.48. The maximum atomic E-state index is 13.3. The maximum Gasteiger partial charge on any atom is 0.307 e. The minimum Gasteiger partial charge on any atom is -0.508 e. The molecule has 0 saturated heterocycles. The number of aromatic hydroxyl groups is 1. The summed E-state index contributed by atoms with van der Waals surface area (Å²) in [5.74, 6) is -2.14. The van der Waals surface area contributed by atoms with Crippen LogP contribution < -0.4 is 5.32 Å². The van der Waals surface area contributed by atoms with Crippen LogP contribution >= 0.6 is 0 Å². The molecule has 18 heavy (non-hydrogen) atoms. The number of rotatable bonds is 5. The van der Waals surface area contributed by atoms with E-state index in [1.54, 1.807) is 6.92 Å². The lowest BCUT2D eigenvalue weighted by molar-refractivity contribution is -0.142. The Morgan fingerprint density at radius 2 is 2.17 bits per heavy atom. The molecule has 0 spiro atoms. The first-order valence-corrected chi connectivity index (χ1v) is 5.47. The number of hydrogen-bond acceptors (Lipinski definition) is 4. The van der Waals surface area contributed by atoms with E-state index in [0.29, 0.717) is 0 Å². The van der Waals surface area contributed by atoms with Crippen LogP contribution in [0, 0.1) is 5.82 Å². The Labute approximate surface area is 104 Å². The first kappa shape index (κ1) is 14.0. The number of halogens is 1. The highest BCUT2D eigenvalue weighted by Crippen LogP contribution is 2.14. The largest absolute Gasteiger partial charge is 0.508 e. The van der Waals surface area contributed by atoms with Crippen LogP contribution in [0.3, 0.4) is 0 Å². The molecule has 0 saturated carbocycles. The molecule has 0 unspecified atom stereocenters. The number of phenolic OH excluding ortho intramolecular Hbond substituents is 1. The quantitative estimate of drug-likeness (QED) is 0.775. The summed E-state index contributed by atoms with van der Waals surface area (Å²) in [7, 11) is 0. The minimum absolute atomic E-state index is 0.0271. The highest BCUT2D eigenvalue weighted by molar-refractivity contribution is 5.94. The second-order valence-electron chi connectivity index (χ2n) is 3.48. The summed E-state index contributed by atoms with van der Waals surface area (Å²) in [4.78, 5) is 22.5. The summed E-state index contributed by atoms with van der Waals surface area (Å²) in [5.41, 5.74) is -0.184. The lowest BCUT2D eigenvalue weighted by atomic mass is 10.2. The molecule has 1 amide bonds. The van der Waals surface area contributed by atoms with E-state index < -0.39 is 17.7 Å². The molecule has 0 aliphatic rings. The fraction of sp³-hybridized carbons (Fsp3) is 0.333. The number of carbonyl (C=O) groups excluding carboxylic acids is 2. The van der Waals surface area contributed by atoms with Crippen molar-refractivity contribution >= 4 is 11.9 Å². The predicted molar refractivity (Wildman–Crippen MR) is 61.6 cm³/mol. The zero-order valence-corrected chi connectivity index (χ0v) is 9.90. The van der Waals surface area contributed by atoms with E-state index in [4.69, 9.17) is 5.11 Å². The summed E-state index contributed by atoms with van der Waals surface area (Å²) < 4.78 is 18.0.